The van der Waals surface area contributed by atoms with Crippen LogP contribution < -0.4 is 11.2 Å². The van der Waals surface area contributed by atoms with E-state index in [1.165, 1.54) is 15.5 Å². The van der Waals surface area contributed by atoms with Crippen molar-refractivity contribution in [2.24, 2.45) is 14.1 Å². The monoisotopic (exact) mass is 263 g/mol. The summed E-state index contributed by atoms with van der Waals surface area (Å²) in [7, 11) is 3.26. The number of aromatic nitrogens is 4. The standard InChI is InChI=1S/C12H17N5O2/c1-14-7-13-10-9(11(14)18)15(2)12(19)17(10)8-16-5-3-4-6-16/h7H,3-6,8H2,1-2H3. The van der Waals surface area contributed by atoms with Gasteiger partial charge in [-0.1, -0.05) is 0 Å². The Morgan fingerprint density at radius 1 is 1.21 bits per heavy atom. The van der Waals surface area contributed by atoms with Crippen molar-refractivity contribution in [3.63, 3.8) is 0 Å². The maximum absolute atomic E-state index is 12.3. The molecule has 0 amide bonds. The van der Waals surface area contributed by atoms with Gasteiger partial charge in [0.15, 0.2) is 11.2 Å². The molecular weight excluding hydrogens is 246 g/mol. The fourth-order valence-corrected chi connectivity index (χ4v) is 2.63. The molecule has 1 saturated heterocycles. The predicted molar refractivity (Wildman–Crippen MR) is 71.0 cm³/mol. The summed E-state index contributed by atoms with van der Waals surface area (Å²) in [6.07, 6.45) is 3.79. The lowest BCUT2D eigenvalue weighted by molar-refractivity contribution is 0.269. The molecule has 0 bridgehead atoms. The summed E-state index contributed by atoms with van der Waals surface area (Å²) in [5.41, 5.74) is 0.471. The number of rotatable bonds is 2. The number of hydrogen-bond donors (Lipinski definition) is 0. The molecule has 0 aliphatic carbocycles. The number of imidazole rings is 1. The second-order valence-corrected chi connectivity index (χ2v) is 5.07. The Morgan fingerprint density at radius 3 is 2.58 bits per heavy atom. The van der Waals surface area contributed by atoms with Crippen molar-refractivity contribution in [1.29, 1.82) is 0 Å². The first-order valence-electron chi connectivity index (χ1n) is 6.43. The molecule has 0 unspecified atom stereocenters. The summed E-state index contributed by atoms with van der Waals surface area (Å²) in [5.74, 6) is 0. The van der Waals surface area contributed by atoms with Gasteiger partial charge in [0, 0.05) is 14.1 Å². The first-order valence-corrected chi connectivity index (χ1v) is 6.43. The molecule has 7 nitrogen and oxygen atoms in total. The van der Waals surface area contributed by atoms with Crippen LogP contribution in [0, 0.1) is 0 Å². The molecule has 2 aromatic rings. The summed E-state index contributed by atoms with van der Waals surface area (Å²) in [6.45, 7) is 2.50. The third-order valence-corrected chi connectivity index (χ3v) is 3.74. The van der Waals surface area contributed by atoms with Crippen molar-refractivity contribution in [3.8, 4) is 0 Å². The van der Waals surface area contributed by atoms with Gasteiger partial charge < -0.3 is 4.57 Å². The molecule has 0 aromatic carbocycles. The smallest absolute Gasteiger partial charge is 0.300 e. The molecule has 3 rings (SSSR count). The van der Waals surface area contributed by atoms with E-state index in [9.17, 15) is 9.59 Å². The Kier molecular flexibility index (Phi) is 2.78. The van der Waals surface area contributed by atoms with Gasteiger partial charge in [0.25, 0.3) is 5.56 Å². The minimum absolute atomic E-state index is 0.183. The lowest BCUT2D eigenvalue weighted by atomic mass is 10.4. The molecule has 7 heteroatoms. The molecule has 0 saturated carbocycles. The quantitative estimate of drug-likeness (QED) is 0.732. The Morgan fingerprint density at radius 2 is 1.89 bits per heavy atom. The van der Waals surface area contributed by atoms with Crippen LogP contribution in [0.2, 0.25) is 0 Å². The average Bonchev–Trinajstić information content (AvgIpc) is 2.97. The molecule has 0 spiro atoms. The Hall–Kier alpha value is -1.89. The highest BCUT2D eigenvalue weighted by molar-refractivity contribution is 5.69. The van der Waals surface area contributed by atoms with E-state index in [0.29, 0.717) is 17.8 Å². The van der Waals surface area contributed by atoms with Crippen LogP contribution in [-0.4, -0.2) is 36.7 Å². The van der Waals surface area contributed by atoms with E-state index in [1.807, 2.05) is 0 Å². The summed E-state index contributed by atoms with van der Waals surface area (Å²) in [5, 5.41) is 0. The third kappa shape index (κ3) is 1.81. The molecule has 2 aromatic heterocycles. The van der Waals surface area contributed by atoms with Gasteiger partial charge in [0.2, 0.25) is 0 Å². The van der Waals surface area contributed by atoms with E-state index in [-0.39, 0.29) is 11.2 Å². The summed E-state index contributed by atoms with van der Waals surface area (Å²) >= 11 is 0. The van der Waals surface area contributed by atoms with Crippen molar-refractivity contribution in [1.82, 2.24) is 23.6 Å². The fraction of sp³-hybridized carbons (Fsp3) is 0.583. The zero-order valence-corrected chi connectivity index (χ0v) is 11.2. The predicted octanol–water partition coefficient (Wildman–Crippen LogP) is -0.513. The Labute approximate surface area is 109 Å². The van der Waals surface area contributed by atoms with E-state index in [2.05, 4.69) is 9.88 Å². The second-order valence-electron chi connectivity index (χ2n) is 5.07. The SMILES string of the molecule is Cn1cnc2c(c1=O)n(C)c(=O)n2CN1CCCC1. The minimum Gasteiger partial charge on any atom is -0.300 e. The van der Waals surface area contributed by atoms with Gasteiger partial charge in [-0.2, -0.15) is 0 Å². The molecule has 1 aliphatic heterocycles. The molecular formula is C12H17N5O2. The largest absolute Gasteiger partial charge is 0.331 e. The van der Waals surface area contributed by atoms with Gasteiger partial charge >= 0.3 is 5.69 Å². The normalized spacial score (nSPS) is 16.5. The van der Waals surface area contributed by atoms with Crippen LogP contribution in [0.5, 0.6) is 0 Å². The minimum atomic E-state index is -0.190. The van der Waals surface area contributed by atoms with Crippen LogP contribution in [-0.2, 0) is 20.8 Å². The Bertz CT molecular complexity index is 733. The van der Waals surface area contributed by atoms with Crippen molar-refractivity contribution < 1.29 is 0 Å². The van der Waals surface area contributed by atoms with Gasteiger partial charge in [0.05, 0.1) is 13.0 Å². The van der Waals surface area contributed by atoms with Crippen LogP contribution in [0.25, 0.3) is 11.2 Å². The third-order valence-electron chi connectivity index (χ3n) is 3.74. The van der Waals surface area contributed by atoms with Crippen LogP contribution in [0.4, 0.5) is 0 Å². The highest BCUT2D eigenvalue weighted by Gasteiger charge is 2.19. The highest BCUT2D eigenvalue weighted by atomic mass is 16.2. The lowest BCUT2D eigenvalue weighted by Crippen LogP contribution is -2.31. The van der Waals surface area contributed by atoms with E-state index < -0.39 is 0 Å². The molecule has 1 fully saturated rings. The van der Waals surface area contributed by atoms with Gasteiger partial charge in [-0.05, 0) is 25.9 Å². The van der Waals surface area contributed by atoms with Crippen molar-refractivity contribution >= 4 is 11.2 Å². The van der Waals surface area contributed by atoms with Gasteiger partial charge in [-0.3, -0.25) is 18.8 Å². The van der Waals surface area contributed by atoms with Gasteiger partial charge in [-0.15, -0.1) is 0 Å². The molecule has 102 valence electrons. The van der Waals surface area contributed by atoms with Crippen LogP contribution in [0.1, 0.15) is 12.8 Å². The highest BCUT2D eigenvalue weighted by Crippen LogP contribution is 2.10. The number of fused-ring (bicyclic) bond motifs is 1. The number of hydrogen-bond acceptors (Lipinski definition) is 4. The zero-order valence-electron chi connectivity index (χ0n) is 11.2. The summed E-state index contributed by atoms with van der Waals surface area (Å²) in [6, 6.07) is 0. The topological polar surface area (TPSA) is 65.1 Å². The van der Waals surface area contributed by atoms with Crippen LogP contribution in [0.3, 0.4) is 0 Å². The maximum atomic E-state index is 12.3. The molecule has 3 heterocycles. The molecule has 1 aliphatic rings. The van der Waals surface area contributed by atoms with E-state index in [0.717, 1.165) is 25.9 Å². The first kappa shape index (κ1) is 12.2. The summed E-state index contributed by atoms with van der Waals surface area (Å²) < 4.78 is 4.37. The maximum Gasteiger partial charge on any atom is 0.331 e. The summed E-state index contributed by atoms with van der Waals surface area (Å²) in [4.78, 5) is 30.8. The fourth-order valence-electron chi connectivity index (χ4n) is 2.63. The Balaban J connectivity index is 2.19. The van der Waals surface area contributed by atoms with Crippen molar-refractivity contribution in [2.75, 3.05) is 13.1 Å². The number of likely N-dealkylation sites (tertiary alicyclic amines) is 1. The van der Waals surface area contributed by atoms with E-state index >= 15 is 0 Å². The van der Waals surface area contributed by atoms with E-state index in [1.54, 1.807) is 18.7 Å². The molecule has 0 radical (unpaired) electrons. The molecule has 19 heavy (non-hydrogen) atoms. The second kappa shape index (κ2) is 4.34. The van der Waals surface area contributed by atoms with E-state index in [4.69, 9.17) is 0 Å². The van der Waals surface area contributed by atoms with Crippen molar-refractivity contribution in [3.05, 3.63) is 27.2 Å². The average molecular weight is 263 g/mol. The molecule has 0 N–H and O–H groups in total. The van der Waals surface area contributed by atoms with Gasteiger partial charge in [-0.25, -0.2) is 9.78 Å². The number of aryl methyl sites for hydroxylation is 2. The number of nitrogens with zero attached hydrogens (tertiary/aromatic N) is 5. The van der Waals surface area contributed by atoms with Crippen LogP contribution in [0.15, 0.2) is 15.9 Å². The lowest BCUT2D eigenvalue weighted by Gasteiger charge is -2.14. The first-order chi connectivity index (χ1) is 9.09. The molecule has 0 atom stereocenters. The zero-order chi connectivity index (χ0) is 13.6. The van der Waals surface area contributed by atoms with Gasteiger partial charge in [0.1, 0.15) is 0 Å². The van der Waals surface area contributed by atoms with Crippen molar-refractivity contribution in [2.45, 2.75) is 19.5 Å². The van der Waals surface area contributed by atoms with Crippen LogP contribution >= 0.6 is 0 Å².